The Kier molecular flexibility index (Phi) is 5.57. The lowest BCUT2D eigenvalue weighted by atomic mass is 10.2. The summed E-state index contributed by atoms with van der Waals surface area (Å²) in [5.74, 6) is 0.142. The van der Waals surface area contributed by atoms with Gasteiger partial charge in [0.05, 0.1) is 0 Å². The predicted molar refractivity (Wildman–Crippen MR) is 68.8 cm³/mol. The van der Waals surface area contributed by atoms with Crippen LogP contribution in [-0.2, 0) is 11.4 Å². The van der Waals surface area contributed by atoms with Crippen LogP contribution < -0.4 is 15.5 Å². The minimum absolute atomic E-state index is 0.0515. The highest BCUT2D eigenvalue weighted by Crippen LogP contribution is 2.08. The second-order valence-corrected chi connectivity index (χ2v) is 4.63. The van der Waals surface area contributed by atoms with Crippen molar-refractivity contribution in [1.82, 2.24) is 5.32 Å². The van der Waals surface area contributed by atoms with Crippen molar-refractivity contribution in [3.63, 3.8) is 0 Å². The van der Waals surface area contributed by atoms with Crippen LogP contribution in [0.4, 0.5) is 0 Å². The zero-order valence-corrected chi connectivity index (χ0v) is 11.3. The maximum absolute atomic E-state index is 11.7. The minimum atomic E-state index is -0.790. The number of nitrogens with one attached hydrogen (secondary N) is 1. The van der Waals surface area contributed by atoms with Gasteiger partial charge >= 0.3 is 0 Å². The molecule has 19 heavy (non-hydrogen) atoms. The average Bonchev–Trinajstić information content (AvgIpc) is 2.37. The van der Waals surface area contributed by atoms with Gasteiger partial charge in [-0.25, -0.2) is 0 Å². The standard InChI is InChI=1S/C13H19NO5/c1-8(2)5-14-13(17)9(3)19-12-7-18-10(6-15)4-11(12)16/h4,7-9,15H,5-6H2,1-3H3,(H,14,17). The maximum Gasteiger partial charge on any atom is 0.260 e. The summed E-state index contributed by atoms with van der Waals surface area (Å²) in [5, 5.41) is 11.5. The fraction of sp³-hybridized carbons (Fsp3) is 0.538. The quantitative estimate of drug-likeness (QED) is 0.792. The molecule has 6 nitrogen and oxygen atoms in total. The van der Waals surface area contributed by atoms with E-state index in [4.69, 9.17) is 14.3 Å². The Morgan fingerprint density at radius 2 is 2.16 bits per heavy atom. The van der Waals surface area contributed by atoms with E-state index in [9.17, 15) is 9.59 Å². The van der Waals surface area contributed by atoms with Gasteiger partial charge in [-0.3, -0.25) is 9.59 Å². The maximum atomic E-state index is 11.7. The lowest BCUT2D eigenvalue weighted by Crippen LogP contribution is -2.38. The number of ether oxygens (including phenoxy) is 1. The second kappa shape index (κ2) is 6.94. The Bertz CT molecular complexity index is 480. The first-order chi connectivity index (χ1) is 8.93. The highest BCUT2D eigenvalue weighted by Gasteiger charge is 2.16. The van der Waals surface area contributed by atoms with Crippen molar-refractivity contribution in [3.05, 3.63) is 28.3 Å². The number of aliphatic hydroxyl groups is 1. The molecular weight excluding hydrogens is 250 g/mol. The number of carbonyl (C=O) groups is 1. The normalized spacial score (nSPS) is 12.3. The number of hydrogen-bond acceptors (Lipinski definition) is 5. The smallest absolute Gasteiger partial charge is 0.260 e. The summed E-state index contributed by atoms with van der Waals surface area (Å²) in [6, 6.07) is 1.13. The largest absolute Gasteiger partial charge is 0.474 e. The number of carbonyl (C=O) groups excluding carboxylic acids is 1. The van der Waals surface area contributed by atoms with E-state index < -0.39 is 11.5 Å². The molecule has 1 rings (SSSR count). The van der Waals surface area contributed by atoms with Gasteiger partial charge in [0.2, 0.25) is 11.2 Å². The molecular formula is C13H19NO5. The minimum Gasteiger partial charge on any atom is -0.474 e. The van der Waals surface area contributed by atoms with Gasteiger partial charge in [0.1, 0.15) is 18.6 Å². The highest BCUT2D eigenvalue weighted by atomic mass is 16.5. The molecule has 0 spiro atoms. The summed E-state index contributed by atoms with van der Waals surface area (Å²) < 4.78 is 10.2. The molecule has 1 aromatic heterocycles. The first-order valence-electron chi connectivity index (χ1n) is 6.11. The van der Waals surface area contributed by atoms with E-state index in [1.807, 2.05) is 13.8 Å². The van der Waals surface area contributed by atoms with Gasteiger partial charge in [0, 0.05) is 12.6 Å². The van der Waals surface area contributed by atoms with Crippen molar-refractivity contribution in [2.45, 2.75) is 33.5 Å². The van der Waals surface area contributed by atoms with E-state index in [2.05, 4.69) is 5.32 Å². The zero-order chi connectivity index (χ0) is 14.4. The number of amides is 1. The number of aliphatic hydroxyl groups excluding tert-OH is 1. The summed E-state index contributed by atoms with van der Waals surface area (Å²) in [6.07, 6.45) is 0.307. The van der Waals surface area contributed by atoms with Crippen molar-refractivity contribution >= 4 is 5.91 Å². The molecule has 0 aromatic carbocycles. The third-order valence-corrected chi connectivity index (χ3v) is 2.37. The van der Waals surface area contributed by atoms with E-state index in [0.717, 1.165) is 12.3 Å². The van der Waals surface area contributed by atoms with Crippen molar-refractivity contribution in [2.24, 2.45) is 5.92 Å². The van der Waals surface area contributed by atoms with Crippen LogP contribution in [0.5, 0.6) is 5.75 Å². The molecule has 0 radical (unpaired) electrons. The van der Waals surface area contributed by atoms with Crippen molar-refractivity contribution in [2.75, 3.05) is 6.54 Å². The van der Waals surface area contributed by atoms with Gasteiger partial charge < -0.3 is 19.6 Å². The molecule has 0 fully saturated rings. The molecule has 1 aromatic rings. The first kappa shape index (κ1) is 15.2. The molecule has 1 amide bonds. The van der Waals surface area contributed by atoms with Gasteiger partial charge in [-0.1, -0.05) is 13.8 Å². The molecule has 2 N–H and O–H groups in total. The van der Waals surface area contributed by atoms with Crippen LogP contribution in [0.2, 0.25) is 0 Å². The summed E-state index contributed by atoms with van der Waals surface area (Å²) in [5.41, 5.74) is -0.432. The molecule has 1 unspecified atom stereocenters. The first-order valence-corrected chi connectivity index (χ1v) is 6.11. The van der Waals surface area contributed by atoms with Crippen molar-refractivity contribution in [3.8, 4) is 5.75 Å². The molecule has 0 aliphatic rings. The van der Waals surface area contributed by atoms with E-state index in [1.54, 1.807) is 6.92 Å². The lowest BCUT2D eigenvalue weighted by molar-refractivity contribution is -0.127. The van der Waals surface area contributed by atoms with Crippen LogP contribution in [0.15, 0.2) is 21.5 Å². The predicted octanol–water partition coefficient (Wildman–Crippen LogP) is 0.672. The Morgan fingerprint density at radius 1 is 1.47 bits per heavy atom. The summed E-state index contributed by atoms with van der Waals surface area (Å²) in [6.45, 7) is 5.70. The Hall–Kier alpha value is -1.82. The lowest BCUT2D eigenvalue weighted by Gasteiger charge is -2.14. The highest BCUT2D eigenvalue weighted by molar-refractivity contribution is 5.80. The zero-order valence-electron chi connectivity index (χ0n) is 11.3. The van der Waals surface area contributed by atoms with E-state index in [0.29, 0.717) is 12.5 Å². The monoisotopic (exact) mass is 269 g/mol. The Balaban J connectivity index is 2.64. The second-order valence-electron chi connectivity index (χ2n) is 4.63. The fourth-order valence-corrected chi connectivity index (χ4v) is 1.30. The van der Waals surface area contributed by atoms with Gasteiger partial charge in [-0.15, -0.1) is 0 Å². The van der Waals surface area contributed by atoms with E-state index in [-0.39, 0.29) is 24.0 Å². The number of hydrogen-bond donors (Lipinski definition) is 2. The molecule has 1 heterocycles. The molecule has 0 bridgehead atoms. The van der Waals surface area contributed by atoms with Crippen LogP contribution >= 0.6 is 0 Å². The molecule has 6 heteroatoms. The molecule has 0 aliphatic heterocycles. The van der Waals surface area contributed by atoms with Crippen LogP contribution in [0.25, 0.3) is 0 Å². The summed E-state index contributed by atoms with van der Waals surface area (Å²) in [7, 11) is 0. The fourth-order valence-electron chi connectivity index (χ4n) is 1.30. The third-order valence-electron chi connectivity index (χ3n) is 2.37. The van der Waals surface area contributed by atoms with Gasteiger partial charge in [-0.2, -0.15) is 0 Å². The SMILES string of the molecule is CC(C)CNC(=O)C(C)Oc1coc(CO)cc1=O. The summed E-state index contributed by atoms with van der Waals surface area (Å²) >= 11 is 0. The van der Waals surface area contributed by atoms with Crippen LogP contribution in [0.1, 0.15) is 26.5 Å². The Morgan fingerprint density at radius 3 is 2.68 bits per heavy atom. The average molecular weight is 269 g/mol. The molecule has 106 valence electrons. The van der Waals surface area contributed by atoms with Crippen LogP contribution in [0.3, 0.4) is 0 Å². The molecule has 1 atom stereocenters. The molecule has 0 saturated carbocycles. The van der Waals surface area contributed by atoms with Crippen molar-refractivity contribution < 1.29 is 19.1 Å². The van der Waals surface area contributed by atoms with Crippen LogP contribution in [-0.4, -0.2) is 23.7 Å². The van der Waals surface area contributed by atoms with Gasteiger partial charge in [-0.05, 0) is 12.8 Å². The van der Waals surface area contributed by atoms with E-state index >= 15 is 0 Å². The third kappa shape index (κ3) is 4.75. The van der Waals surface area contributed by atoms with Crippen LogP contribution in [0, 0.1) is 5.92 Å². The van der Waals surface area contributed by atoms with Gasteiger partial charge in [0.15, 0.2) is 6.10 Å². The van der Waals surface area contributed by atoms with E-state index in [1.165, 1.54) is 0 Å². The topological polar surface area (TPSA) is 88.8 Å². The van der Waals surface area contributed by atoms with Crippen molar-refractivity contribution in [1.29, 1.82) is 0 Å². The number of rotatable bonds is 6. The summed E-state index contributed by atoms with van der Waals surface area (Å²) in [4.78, 5) is 23.3. The molecule has 0 aliphatic carbocycles. The van der Waals surface area contributed by atoms with Gasteiger partial charge in [0.25, 0.3) is 5.91 Å². The molecule has 0 saturated heterocycles. The Labute approximate surface area is 111 Å².